The molecule has 1 aliphatic heterocycles. The molecule has 0 saturated carbocycles. The van der Waals surface area contributed by atoms with E-state index in [0.29, 0.717) is 13.4 Å². The second kappa shape index (κ2) is 3.48. The summed E-state index contributed by atoms with van der Waals surface area (Å²) in [6.07, 6.45) is 0. The molecule has 2 rings (SSSR count). The highest BCUT2D eigenvalue weighted by molar-refractivity contribution is 5.54. The van der Waals surface area contributed by atoms with Crippen molar-refractivity contribution in [3.63, 3.8) is 0 Å². The molecular formula is C10H13NO3. The third-order valence-corrected chi connectivity index (χ3v) is 2.57. The molecule has 2 N–H and O–H groups in total. The molecule has 0 saturated heterocycles. The Bertz CT molecular complexity index is 363. The standard InChI is InChI=1S/C10H13NO3/c1-6-7(2)10-9(12-5-13-10)3-8(6)4-14-11/h3H,4-5,11H2,1-2H3. The van der Waals surface area contributed by atoms with Gasteiger partial charge < -0.3 is 9.47 Å². The molecule has 1 aromatic carbocycles. The first-order chi connectivity index (χ1) is 6.74. The summed E-state index contributed by atoms with van der Waals surface area (Å²) >= 11 is 0. The topological polar surface area (TPSA) is 53.7 Å². The minimum Gasteiger partial charge on any atom is -0.454 e. The summed E-state index contributed by atoms with van der Waals surface area (Å²) in [4.78, 5) is 4.63. The zero-order chi connectivity index (χ0) is 10.1. The number of rotatable bonds is 2. The third kappa shape index (κ3) is 1.32. The van der Waals surface area contributed by atoms with Crippen LogP contribution in [0, 0.1) is 13.8 Å². The number of fused-ring (bicyclic) bond motifs is 1. The van der Waals surface area contributed by atoms with Crippen LogP contribution < -0.4 is 15.4 Å². The molecule has 0 bridgehead atoms. The Morgan fingerprint density at radius 1 is 1.36 bits per heavy atom. The van der Waals surface area contributed by atoms with Gasteiger partial charge in [0.25, 0.3) is 0 Å². The van der Waals surface area contributed by atoms with Crippen molar-refractivity contribution >= 4 is 0 Å². The predicted molar refractivity (Wildman–Crippen MR) is 51.0 cm³/mol. The smallest absolute Gasteiger partial charge is 0.231 e. The molecular weight excluding hydrogens is 182 g/mol. The van der Waals surface area contributed by atoms with E-state index in [9.17, 15) is 0 Å². The summed E-state index contributed by atoms with van der Waals surface area (Å²) < 4.78 is 10.7. The minimum absolute atomic E-state index is 0.294. The van der Waals surface area contributed by atoms with Gasteiger partial charge in [-0.1, -0.05) is 0 Å². The van der Waals surface area contributed by atoms with Gasteiger partial charge in [0.05, 0.1) is 6.61 Å². The van der Waals surface area contributed by atoms with E-state index in [-0.39, 0.29) is 0 Å². The van der Waals surface area contributed by atoms with Crippen molar-refractivity contribution in [2.24, 2.45) is 5.90 Å². The van der Waals surface area contributed by atoms with E-state index in [1.807, 2.05) is 19.9 Å². The first-order valence-electron chi connectivity index (χ1n) is 4.44. The molecule has 0 radical (unpaired) electrons. The fourth-order valence-electron chi connectivity index (χ4n) is 1.61. The average Bonchev–Trinajstić information content (AvgIpc) is 2.62. The number of ether oxygens (including phenoxy) is 2. The molecule has 0 amide bonds. The molecule has 0 fully saturated rings. The molecule has 0 unspecified atom stereocenters. The van der Waals surface area contributed by atoms with Gasteiger partial charge in [-0.15, -0.1) is 0 Å². The van der Waals surface area contributed by atoms with E-state index in [2.05, 4.69) is 4.84 Å². The van der Waals surface area contributed by atoms with Gasteiger partial charge in [-0.05, 0) is 36.6 Å². The van der Waals surface area contributed by atoms with Crippen molar-refractivity contribution in [3.8, 4) is 11.5 Å². The van der Waals surface area contributed by atoms with E-state index in [4.69, 9.17) is 15.4 Å². The lowest BCUT2D eigenvalue weighted by Crippen LogP contribution is -2.02. The van der Waals surface area contributed by atoms with Gasteiger partial charge in [0.15, 0.2) is 11.5 Å². The van der Waals surface area contributed by atoms with E-state index >= 15 is 0 Å². The quantitative estimate of drug-likeness (QED) is 0.725. The number of hydrogen-bond donors (Lipinski definition) is 1. The van der Waals surface area contributed by atoms with Crippen LogP contribution in [-0.2, 0) is 11.4 Å². The maximum Gasteiger partial charge on any atom is 0.231 e. The van der Waals surface area contributed by atoms with Gasteiger partial charge in [-0.2, -0.15) is 0 Å². The summed E-state index contributed by atoms with van der Waals surface area (Å²) in [5.74, 6) is 6.67. The first kappa shape index (κ1) is 9.30. The van der Waals surface area contributed by atoms with Crippen LogP contribution in [0.25, 0.3) is 0 Å². The van der Waals surface area contributed by atoms with Gasteiger partial charge in [-0.25, -0.2) is 5.90 Å². The zero-order valence-corrected chi connectivity index (χ0v) is 8.29. The molecule has 76 valence electrons. The Balaban J connectivity index is 2.49. The molecule has 0 aliphatic carbocycles. The van der Waals surface area contributed by atoms with Crippen LogP contribution >= 0.6 is 0 Å². The largest absolute Gasteiger partial charge is 0.454 e. The van der Waals surface area contributed by atoms with Crippen molar-refractivity contribution in [1.29, 1.82) is 0 Å². The SMILES string of the molecule is Cc1c(CON)cc2c(c1C)OCO2. The highest BCUT2D eigenvalue weighted by atomic mass is 16.7. The number of nitrogens with two attached hydrogens (primary N) is 1. The van der Waals surface area contributed by atoms with Gasteiger partial charge in [-0.3, -0.25) is 4.84 Å². The van der Waals surface area contributed by atoms with Crippen molar-refractivity contribution in [3.05, 3.63) is 22.8 Å². The summed E-state index contributed by atoms with van der Waals surface area (Å²) in [5.41, 5.74) is 3.26. The molecule has 0 atom stereocenters. The molecule has 14 heavy (non-hydrogen) atoms. The molecule has 0 aromatic heterocycles. The molecule has 1 heterocycles. The second-order valence-corrected chi connectivity index (χ2v) is 3.33. The van der Waals surface area contributed by atoms with Gasteiger partial charge in [0, 0.05) is 0 Å². The molecule has 0 spiro atoms. The van der Waals surface area contributed by atoms with Crippen LogP contribution in [0.4, 0.5) is 0 Å². The Kier molecular flexibility index (Phi) is 2.31. The van der Waals surface area contributed by atoms with E-state index in [1.54, 1.807) is 0 Å². The lowest BCUT2D eigenvalue weighted by Gasteiger charge is -2.10. The van der Waals surface area contributed by atoms with Crippen LogP contribution in [0.3, 0.4) is 0 Å². The Morgan fingerprint density at radius 3 is 2.86 bits per heavy atom. The first-order valence-corrected chi connectivity index (χ1v) is 4.44. The fourth-order valence-corrected chi connectivity index (χ4v) is 1.61. The van der Waals surface area contributed by atoms with Gasteiger partial charge in [0.1, 0.15) is 0 Å². The summed E-state index contributed by atoms with van der Waals surface area (Å²) in [6, 6.07) is 1.91. The maximum absolute atomic E-state index is 5.35. The molecule has 1 aliphatic rings. The van der Waals surface area contributed by atoms with Crippen LogP contribution in [0.15, 0.2) is 6.07 Å². The van der Waals surface area contributed by atoms with E-state index in [0.717, 1.165) is 28.2 Å². The number of hydrogen-bond acceptors (Lipinski definition) is 4. The summed E-state index contributed by atoms with van der Waals surface area (Å²) in [5, 5.41) is 0. The maximum atomic E-state index is 5.35. The monoisotopic (exact) mass is 195 g/mol. The van der Waals surface area contributed by atoms with Crippen molar-refractivity contribution in [2.75, 3.05) is 6.79 Å². The Morgan fingerprint density at radius 2 is 2.14 bits per heavy atom. The Labute approximate surface area is 82.5 Å². The second-order valence-electron chi connectivity index (χ2n) is 3.33. The van der Waals surface area contributed by atoms with E-state index in [1.165, 1.54) is 0 Å². The normalized spacial score (nSPS) is 13.4. The van der Waals surface area contributed by atoms with Crippen molar-refractivity contribution in [1.82, 2.24) is 0 Å². The van der Waals surface area contributed by atoms with Crippen LogP contribution in [0.2, 0.25) is 0 Å². The Hall–Kier alpha value is -1.26. The van der Waals surface area contributed by atoms with Crippen LogP contribution in [0.1, 0.15) is 16.7 Å². The molecule has 4 nitrogen and oxygen atoms in total. The van der Waals surface area contributed by atoms with Crippen molar-refractivity contribution < 1.29 is 14.3 Å². The van der Waals surface area contributed by atoms with Crippen LogP contribution in [-0.4, -0.2) is 6.79 Å². The number of benzene rings is 1. The van der Waals surface area contributed by atoms with Crippen molar-refractivity contribution in [2.45, 2.75) is 20.5 Å². The summed E-state index contributed by atoms with van der Waals surface area (Å²) in [7, 11) is 0. The molecule has 1 aromatic rings. The third-order valence-electron chi connectivity index (χ3n) is 2.57. The highest BCUT2D eigenvalue weighted by Crippen LogP contribution is 2.38. The van der Waals surface area contributed by atoms with Gasteiger partial charge >= 0.3 is 0 Å². The summed E-state index contributed by atoms with van der Waals surface area (Å²) in [6.45, 7) is 4.71. The predicted octanol–water partition coefficient (Wildman–Crippen LogP) is 1.42. The van der Waals surface area contributed by atoms with Gasteiger partial charge in [0.2, 0.25) is 6.79 Å². The average molecular weight is 195 g/mol. The lowest BCUT2D eigenvalue weighted by molar-refractivity contribution is 0.123. The highest BCUT2D eigenvalue weighted by Gasteiger charge is 2.19. The fraction of sp³-hybridized carbons (Fsp3) is 0.400. The lowest BCUT2D eigenvalue weighted by atomic mass is 10.0. The minimum atomic E-state index is 0.294. The van der Waals surface area contributed by atoms with E-state index < -0.39 is 0 Å². The molecule has 4 heteroatoms. The zero-order valence-electron chi connectivity index (χ0n) is 8.29. The van der Waals surface area contributed by atoms with Crippen LogP contribution in [0.5, 0.6) is 11.5 Å².